The van der Waals surface area contributed by atoms with Gasteiger partial charge < -0.3 is 19.7 Å². The number of hydrogen-bond donors (Lipinski definition) is 1. The van der Waals surface area contributed by atoms with E-state index in [2.05, 4.69) is 24.2 Å². The van der Waals surface area contributed by atoms with Gasteiger partial charge in [-0.05, 0) is 53.8 Å². The minimum Gasteiger partial charge on any atom is -0.465 e. The number of rotatable bonds is 11. The molecule has 0 heterocycles. The first kappa shape index (κ1) is 19.4. The van der Waals surface area contributed by atoms with Crippen LogP contribution in [0.25, 0.3) is 0 Å². The number of methoxy groups -OCH3 is 1. The van der Waals surface area contributed by atoms with Gasteiger partial charge in [-0.25, -0.2) is 0 Å². The normalized spacial score (nSPS) is 15.9. The van der Waals surface area contributed by atoms with Crippen LogP contribution < -0.4 is 5.32 Å². The lowest BCUT2D eigenvalue weighted by Crippen LogP contribution is -2.50. The van der Waals surface area contributed by atoms with E-state index >= 15 is 0 Å². The van der Waals surface area contributed by atoms with E-state index in [4.69, 9.17) is 9.47 Å². The molecular formula is C15H32N2O3. The van der Waals surface area contributed by atoms with E-state index in [9.17, 15) is 4.79 Å². The fourth-order valence-electron chi connectivity index (χ4n) is 2.21. The van der Waals surface area contributed by atoms with Gasteiger partial charge in [0.15, 0.2) is 0 Å². The third-order valence-corrected chi connectivity index (χ3v) is 3.64. The van der Waals surface area contributed by atoms with Gasteiger partial charge in [-0.3, -0.25) is 4.79 Å². The number of nitrogens with zero attached hydrogens (tertiary/aromatic N) is 1. The first-order valence-corrected chi connectivity index (χ1v) is 7.52. The summed E-state index contributed by atoms with van der Waals surface area (Å²) in [4.78, 5) is 14.3. The van der Waals surface area contributed by atoms with Gasteiger partial charge >= 0.3 is 5.97 Å². The molecule has 0 saturated carbocycles. The van der Waals surface area contributed by atoms with Crippen molar-refractivity contribution in [2.75, 3.05) is 40.5 Å². The summed E-state index contributed by atoms with van der Waals surface area (Å²) >= 11 is 0. The Kier molecular flexibility index (Phi) is 9.80. The van der Waals surface area contributed by atoms with Crippen molar-refractivity contribution in [3.8, 4) is 0 Å². The molecule has 0 bridgehead atoms. The zero-order valence-corrected chi connectivity index (χ0v) is 14.0. The predicted molar refractivity (Wildman–Crippen MR) is 81.9 cm³/mol. The number of ether oxygens (including phenoxy) is 2. The molecule has 0 aromatic heterocycles. The third-order valence-electron chi connectivity index (χ3n) is 3.64. The van der Waals surface area contributed by atoms with Crippen LogP contribution in [0.2, 0.25) is 0 Å². The summed E-state index contributed by atoms with van der Waals surface area (Å²) < 4.78 is 10.3. The molecule has 0 aliphatic rings. The van der Waals surface area contributed by atoms with Gasteiger partial charge in [0.1, 0.15) is 5.54 Å². The van der Waals surface area contributed by atoms with Crippen molar-refractivity contribution in [3.63, 3.8) is 0 Å². The average molecular weight is 288 g/mol. The summed E-state index contributed by atoms with van der Waals surface area (Å²) in [5.74, 6) is -0.158. The summed E-state index contributed by atoms with van der Waals surface area (Å²) in [6.45, 7) is 10.7. The van der Waals surface area contributed by atoms with Gasteiger partial charge in [0.2, 0.25) is 0 Å². The zero-order chi connectivity index (χ0) is 15.6. The van der Waals surface area contributed by atoms with Crippen LogP contribution in [-0.2, 0) is 14.3 Å². The van der Waals surface area contributed by atoms with Gasteiger partial charge in [-0.1, -0.05) is 6.92 Å². The van der Waals surface area contributed by atoms with Crippen LogP contribution in [0.1, 0.15) is 40.5 Å². The first-order valence-electron chi connectivity index (χ1n) is 7.52. The largest absolute Gasteiger partial charge is 0.465 e. The molecule has 120 valence electrons. The van der Waals surface area contributed by atoms with Crippen LogP contribution in [0.3, 0.4) is 0 Å². The number of hydrogen-bond acceptors (Lipinski definition) is 5. The van der Waals surface area contributed by atoms with Crippen molar-refractivity contribution in [2.45, 2.75) is 52.1 Å². The van der Waals surface area contributed by atoms with E-state index in [0.717, 1.165) is 32.5 Å². The molecule has 0 saturated heterocycles. The highest BCUT2D eigenvalue weighted by molar-refractivity contribution is 5.80. The highest BCUT2D eigenvalue weighted by Gasteiger charge is 2.33. The van der Waals surface area contributed by atoms with Crippen molar-refractivity contribution in [1.82, 2.24) is 10.2 Å². The Balaban J connectivity index is 4.30. The molecule has 2 unspecified atom stereocenters. The van der Waals surface area contributed by atoms with Gasteiger partial charge in [-0.15, -0.1) is 0 Å². The van der Waals surface area contributed by atoms with E-state index in [1.165, 1.54) is 0 Å². The molecule has 0 radical (unpaired) electrons. The second kappa shape index (κ2) is 10.1. The number of likely N-dealkylation sites (N-methyl/N-ethyl adjacent to an activating group) is 2. The van der Waals surface area contributed by atoms with E-state index in [-0.39, 0.29) is 5.97 Å². The Hall–Kier alpha value is -0.650. The van der Waals surface area contributed by atoms with Crippen molar-refractivity contribution in [1.29, 1.82) is 0 Å². The lowest BCUT2D eigenvalue weighted by molar-refractivity contribution is -0.150. The van der Waals surface area contributed by atoms with E-state index in [0.29, 0.717) is 12.6 Å². The second-order valence-corrected chi connectivity index (χ2v) is 5.47. The zero-order valence-electron chi connectivity index (χ0n) is 14.0. The fraction of sp³-hybridized carbons (Fsp3) is 0.933. The maximum Gasteiger partial charge on any atom is 0.326 e. The van der Waals surface area contributed by atoms with Crippen LogP contribution in [0.4, 0.5) is 0 Å². The maximum atomic E-state index is 12.0. The predicted octanol–water partition coefficient (Wildman–Crippen LogP) is 1.66. The van der Waals surface area contributed by atoms with Gasteiger partial charge in [0, 0.05) is 13.2 Å². The standard InChI is InChI=1S/C15H32N2O3/c1-7-16-15(4,14(18)20-8-2)10-9-11-17(5)13(3)12-19-6/h13,16H,7-12H2,1-6H3. The van der Waals surface area contributed by atoms with Crippen molar-refractivity contribution in [3.05, 3.63) is 0 Å². The van der Waals surface area contributed by atoms with Crippen LogP contribution in [0.5, 0.6) is 0 Å². The van der Waals surface area contributed by atoms with Crippen LogP contribution in [0.15, 0.2) is 0 Å². The minimum atomic E-state index is -0.587. The molecule has 0 spiro atoms. The monoisotopic (exact) mass is 288 g/mol. The molecule has 0 rings (SSSR count). The molecule has 0 fully saturated rings. The molecule has 5 heteroatoms. The van der Waals surface area contributed by atoms with E-state index < -0.39 is 5.54 Å². The Bertz CT molecular complexity index is 274. The van der Waals surface area contributed by atoms with Crippen LogP contribution in [0, 0.1) is 0 Å². The van der Waals surface area contributed by atoms with Crippen molar-refractivity contribution in [2.24, 2.45) is 0 Å². The Morgan fingerprint density at radius 1 is 1.40 bits per heavy atom. The molecule has 0 aliphatic carbocycles. The van der Waals surface area contributed by atoms with Crippen molar-refractivity contribution < 1.29 is 14.3 Å². The average Bonchev–Trinajstić information content (AvgIpc) is 2.39. The van der Waals surface area contributed by atoms with E-state index in [1.807, 2.05) is 20.8 Å². The number of carbonyl (C=O) groups excluding carboxylic acids is 1. The minimum absolute atomic E-state index is 0.158. The number of carbonyl (C=O) groups is 1. The summed E-state index contributed by atoms with van der Waals surface area (Å²) in [7, 11) is 3.80. The highest BCUT2D eigenvalue weighted by atomic mass is 16.5. The lowest BCUT2D eigenvalue weighted by Gasteiger charge is -2.30. The molecular weight excluding hydrogens is 256 g/mol. The Morgan fingerprint density at radius 2 is 2.05 bits per heavy atom. The number of esters is 1. The Labute approximate surface area is 124 Å². The lowest BCUT2D eigenvalue weighted by atomic mass is 9.95. The molecule has 0 aromatic carbocycles. The van der Waals surface area contributed by atoms with Gasteiger partial charge in [0.25, 0.3) is 0 Å². The van der Waals surface area contributed by atoms with Gasteiger partial charge in [0.05, 0.1) is 13.2 Å². The molecule has 20 heavy (non-hydrogen) atoms. The van der Waals surface area contributed by atoms with Crippen LogP contribution >= 0.6 is 0 Å². The summed E-state index contributed by atoms with van der Waals surface area (Å²) in [5.41, 5.74) is -0.587. The second-order valence-electron chi connectivity index (χ2n) is 5.47. The summed E-state index contributed by atoms with van der Waals surface area (Å²) in [6.07, 6.45) is 1.70. The molecule has 0 aliphatic heterocycles. The highest BCUT2D eigenvalue weighted by Crippen LogP contribution is 2.15. The third kappa shape index (κ3) is 6.68. The van der Waals surface area contributed by atoms with E-state index in [1.54, 1.807) is 7.11 Å². The topological polar surface area (TPSA) is 50.8 Å². The molecule has 1 N–H and O–H groups in total. The number of nitrogens with one attached hydrogen (secondary N) is 1. The molecule has 0 amide bonds. The van der Waals surface area contributed by atoms with Crippen molar-refractivity contribution >= 4 is 5.97 Å². The maximum absolute atomic E-state index is 12.0. The fourth-order valence-corrected chi connectivity index (χ4v) is 2.21. The quantitative estimate of drug-likeness (QED) is 0.586. The summed E-state index contributed by atoms with van der Waals surface area (Å²) in [6, 6.07) is 0.382. The SMILES string of the molecule is CCNC(C)(CCCN(C)C(C)COC)C(=O)OCC. The summed E-state index contributed by atoms with van der Waals surface area (Å²) in [5, 5.41) is 3.25. The Morgan fingerprint density at radius 3 is 2.55 bits per heavy atom. The van der Waals surface area contributed by atoms with Crippen LogP contribution in [-0.4, -0.2) is 62.9 Å². The van der Waals surface area contributed by atoms with Gasteiger partial charge in [-0.2, -0.15) is 0 Å². The molecule has 2 atom stereocenters. The smallest absolute Gasteiger partial charge is 0.326 e. The molecule has 5 nitrogen and oxygen atoms in total. The molecule has 0 aromatic rings. The first-order chi connectivity index (χ1) is 9.41.